The summed E-state index contributed by atoms with van der Waals surface area (Å²) in [6.07, 6.45) is -1.83. The van der Waals surface area contributed by atoms with Crippen LogP contribution in [-0.4, -0.2) is 49.4 Å². The maximum absolute atomic E-state index is 14.0. The molecule has 2 aromatic carbocycles. The molecule has 0 unspecified atom stereocenters. The van der Waals surface area contributed by atoms with E-state index >= 15 is 0 Å². The molecule has 0 spiro atoms. The fourth-order valence-electron chi connectivity index (χ4n) is 5.81. The molecule has 3 aliphatic rings. The van der Waals surface area contributed by atoms with Gasteiger partial charge in [-0.25, -0.2) is 0 Å². The molecule has 0 radical (unpaired) electrons. The normalized spacial score (nSPS) is 21.9. The van der Waals surface area contributed by atoms with Gasteiger partial charge in [0.05, 0.1) is 25.7 Å². The Labute approximate surface area is 214 Å². The number of carbonyl (C=O) groups is 1. The summed E-state index contributed by atoms with van der Waals surface area (Å²) in [6.45, 7) is 2.12. The van der Waals surface area contributed by atoms with Crippen LogP contribution in [0.25, 0.3) is 0 Å². The molecule has 9 heteroatoms. The number of benzene rings is 2. The minimum absolute atomic E-state index is 0.0745. The van der Waals surface area contributed by atoms with Crippen molar-refractivity contribution in [2.75, 3.05) is 33.4 Å². The van der Waals surface area contributed by atoms with Gasteiger partial charge in [0.2, 0.25) is 0 Å². The number of esters is 1. The van der Waals surface area contributed by atoms with Crippen molar-refractivity contribution in [1.29, 1.82) is 0 Å². The number of alkyl halides is 3. The summed E-state index contributed by atoms with van der Waals surface area (Å²) in [6, 6.07) is 8.26. The number of nitrogens with zero attached hydrogens (tertiary/aromatic N) is 1. The van der Waals surface area contributed by atoms with E-state index < -0.39 is 11.7 Å². The Hall–Kier alpha value is -2.78. The van der Waals surface area contributed by atoms with Crippen LogP contribution >= 0.6 is 0 Å². The molecular weight excluding hydrogens is 487 g/mol. The van der Waals surface area contributed by atoms with Crippen LogP contribution in [0, 0.1) is 5.92 Å². The van der Waals surface area contributed by atoms with Gasteiger partial charge in [-0.2, -0.15) is 13.2 Å². The molecular formula is C28H32F3NO5. The lowest BCUT2D eigenvalue weighted by molar-refractivity contribution is -0.141. The number of carbonyl (C=O) groups excluding carboxylic acids is 1. The zero-order valence-electron chi connectivity index (χ0n) is 20.9. The predicted molar refractivity (Wildman–Crippen MR) is 130 cm³/mol. The van der Waals surface area contributed by atoms with Crippen LogP contribution in [0.5, 0.6) is 11.5 Å². The zero-order chi connectivity index (χ0) is 26.2. The Morgan fingerprint density at radius 1 is 1.14 bits per heavy atom. The first-order valence-electron chi connectivity index (χ1n) is 12.8. The van der Waals surface area contributed by atoms with Gasteiger partial charge in [-0.15, -0.1) is 0 Å². The maximum Gasteiger partial charge on any atom is 0.416 e. The summed E-state index contributed by atoms with van der Waals surface area (Å²) in [4.78, 5) is 13.7. The lowest BCUT2D eigenvalue weighted by Crippen LogP contribution is -2.35. The number of aliphatic hydroxyl groups excluding tert-OH is 1. The standard InChI is InChI=1S/C28H32F3NO5/c1-35-27(34)12-18-16-36-26-13-19(2-3-20(18)26)37-25-7-5-21-22(25)4-6-24(28(29,30)31)23(21)14-32-10-8-17(15-33)9-11-32/h2-4,6,13,17-18,25,33H,5,7-12,14-16H2,1H3/t18-,25-/m1/s1. The third-order valence-electron chi connectivity index (χ3n) is 7.91. The first kappa shape index (κ1) is 25.9. The molecule has 200 valence electrons. The number of halogens is 3. The lowest BCUT2D eigenvalue weighted by atomic mass is 9.93. The Kier molecular flexibility index (Phi) is 7.36. The number of methoxy groups -OCH3 is 1. The van der Waals surface area contributed by atoms with Crippen molar-refractivity contribution in [3.05, 3.63) is 58.1 Å². The third-order valence-corrected chi connectivity index (χ3v) is 7.91. The summed E-state index contributed by atoms with van der Waals surface area (Å²) < 4.78 is 58.7. The summed E-state index contributed by atoms with van der Waals surface area (Å²) in [5, 5.41) is 9.40. The Morgan fingerprint density at radius 2 is 1.89 bits per heavy atom. The van der Waals surface area contributed by atoms with E-state index in [9.17, 15) is 23.1 Å². The molecule has 0 saturated carbocycles. The monoisotopic (exact) mass is 519 g/mol. The maximum atomic E-state index is 14.0. The Morgan fingerprint density at radius 3 is 2.59 bits per heavy atom. The molecule has 0 amide bonds. The molecule has 2 heterocycles. The first-order chi connectivity index (χ1) is 17.8. The quantitative estimate of drug-likeness (QED) is 0.519. The Balaban J connectivity index is 1.35. The minimum Gasteiger partial charge on any atom is -0.492 e. The number of hydrogen-bond acceptors (Lipinski definition) is 6. The van der Waals surface area contributed by atoms with Crippen molar-refractivity contribution < 1.29 is 37.3 Å². The molecule has 37 heavy (non-hydrogen) atoms. The van der Waals surface area contributed by atoms with E-state index in [0.29, 0.717) is 49.6 Å². The highest BCUT2D eigenvalue weighted by Gasteiger charge is 2.38. The predicted octanol–water partition coefficient (Wildman–Crippen LogP) is 5.02. The van der Waals surface area contributed by atoms with Gasteiger partial charge < -0.3 is 19.3 Å². The van der Waals surface area contributed by atoms with Gasteiger partial charge >= 0.3 is 12.1 Å². The van der Waals surface area contributed by atoms with Gasteiger partial charge in [0.15, 0.2) is 0 Å². The van der Waals surface area contributed by atoms with Gasteiger partial charge in [-0.1, -0.05) is 12.1 Å². The van der Waals surface area contributed by atoms with Crippen molar-refractivity contribution in [3.8, 4) is 11.5 Å². The van der Waals surface area contributed by atoms with Gasteiger partial charge in [-0.3, -0.25) is 9.69 Å². The van der Waals surface area contributed by atoms with E-state index in [2.05, 4.69) is 4.90 Å². The van der Waals surface area contributed by atoms with Crippen LogP contribution in [0.3, 0.4) is 0 Å². The summed E-state index contributed by atoms with van der Waals surface area (Å²) >= 11 is 0. The van der Waals surface area contributed by atoms with Gasteiger partial charge in [0.1, 0.15) is 17.6 Å². The number of fused-ring (bicyclic) bond motifs is 2. The third kappa shape index (κ3) is 5.43. The van der Waals surface area contributed by atoms with E-state index in [1.807, 2.05) is 12.1 Å². The molecule has 1 aliphatic carbocycles. The topological polar surface area (TPSA) is 68.2 Å². The second kappa shape index (κ2) is 10.5. The van der Waals surface area contributed by atoms with Gasteiger partial charge in [-0.05, 0) is 73.5 Å². The van der Waals surface area contributed by atoms with E-state index in [1.54, 1.807) is 12.1 Å². The fourth-order valence-corrected chi connectivity index (χ4v) is 5.81. The highest BCUT2D eigenvalue weighted by Crippen LogP contribution is 2.44. The van der Waals surface area contributed by atoms with Crippen LogP contribution in [0.2, 0.25) is 0 Å². The number of piperidine rings is 1. The molecule has 0 aromatic heterocycles. The highest BCUT2D eigenvalue weighted by atomic mass is 19.4. The number of rotatable bonds is 7. The Bertz CT molecular complexity index is 1140. The first-order valence-corrected chi connectivity index (χ1v) is 12.8. The fraction of sp³-hybridized carbons (Fsp3) is 0.536. The highest BCUT2D eigenvalue weighted by molar-refractivity contribution is 5.71. The van der Waals surface area contributed by atoms with Crippen molar-refractivity contribution in [1.82, 2.24) is 4.90 Å². The van der Waals surface area contributed by atoms with E-state index in [4.69, 9.17) is 14.2 Å². The number of ether oxygens (including phenoxy) is 3. The number of aliphatic hydroxyl groups is 1. The molecule has 2 aliphatic heterocycles. The molecule has 5 rings (SSSR count). The number of likely N-dealkylation sites (tertiary alicyclic amines) is 1. The lowest BCUT2D eigenvalue weighted by Gasteiger charge is -2.32. The van der Waals surface area contributed by atoms with Crippen LogP contribution in [-0.2, 0) is 28.7 Å². The number of hydrogen-bond donors (Lipinski definition) is 1. The second-order valence-electron chi connectivity index (χ2n) is 10.2. The minimum atomic E-state index is -4.43. The molecule has 2 aromatic rings. The zero-order valence-corrected chi connectivity index (χ0v) is 20.9. The largest absolute Gasteiger partial charge is 0.492 e. The van der Waals surface area contributed by atoms with E-state index in [0.717, 1.165) is 29.5 Å². The SMILES string of the molecule is COC(=O)C[C@@H]1COc2cc(O[C@@H]3CCc4c3ccc(C(F)(F)F)c4CN3CCC(CO)CC3)ccc21. The van der Waals surface area contributed by atoms with E-state index in [-0.39, 0.29) is 43.5 Å². The van der Waals surface area contributed by atoms with Crippen LogP contribution in [0.4, 0.5) is 13.2 Å². The molecule has 6 nitrogen and oxygen atoms in total. The molecule has 1 N–H and O–H groups in total. The summed E-state index contributed by atoms with van der Waals surface area (Å²) in [5.41, 5.74) is 2.24. The van der Waals surface area contributed by atoms with Crippen molar-refractivity contribution in [3.63, 3.8) is 0 Å². The average molecular weight is 520 g/mol. The van der Waals surface area contributed by atoms with Gasteiger partial charge in [0, 0.05) is 30.7 Å². The van der Waals surface area contributed by atoms with Crippen molar-refractivity contribution >= 4 is 5.97 Å². The van der Waals surface area contributed by atoms with Crippen molar-refractivity contribution in [2.45, 2.75) is 56.8 Å². The average Bonchev–Trinajstić information content (AvgIpc) is 3.48. The van der Waals surface area contributed by atoms with Crippen LogP contribution in [0.15, 0.2) is 30.3 Å². The molecule has 1 saturated heterocycles. The molecule has 1 fully saturated rings. The second-order valence-corrected chi connectivity index (χ2v) is 10.2. The van der Waals surface area contributed by atoms with Crippen molar-refractivity contribution in [2.24, 2.45) is 5.92 Å². The van der Waals surface area contributed by atoms with E-state index in [1.165, 1.54) is 13.2 Å². The summed E-state index contributed by atoms with van der Waals surface area (Å²) in [7, 11) is 1.36. The van der Waals surface area contributed by atoms with Crippen LogP contribution < -0.4 is 9.47 Å². The van der Waals surface area contributed by atoms with Crippen LogP contribution in [0.1, 0.15) is 65.5 Å². The molecule has 2 atom stereocenters. The van der Waals surface area contributed by atoms with Gasteiger partial charge in [0.25, 0.3) is 0 Å². The molecule has 0 bridgehead atoms. The smallest absolute Gasteiger partial charge is 0.416 e. The summed E-state index contributed by atoms with van der Waals surface area (Å²) in [5.74, 6) is 1.10.